The summed E-state index contributed by atoms with van der Waals surface area (Å²) in [6, 6.07) is 0. The minimum Gasteiger partial charge on any atom is -0.311 e. The van der Waals surface area contributed by atoms with Gasteiger partial charge in [-0.25, -0.2) is 9.97 Å². The largest absolute Gasteiger partial charge is 0.311 e. The Balaban J connectivity index is 1.82. The lowest BCUT2D eigenvalue weighted by molar-refractivity contribution is 0.388. The second kappa shape index (κ2) is 5.54. The Labute approximate surface area is 128 Å². The summed E-state index contributed by atoms with van der Waals surface area (Å²) in [6.45, 7) is 7.69. The molecule has 1 aliphatic carbocycles. The summed E-state index contributed by atoms with van der Waals surface area (Å²) in [6.07, 6.45) is 3.71. The van der Waals surface area contributed by atoms with E-state index in [4.69, 9.17) is 4.98 Å². The fraction of sp³-hybridized carbons (Fsp3) is 0.600. The Bertz CT molecular complexity index is 566. The molecule has 0 radical (unpaired) electrons. The summed E-state index contributed by atoms with van der Waals surface area (Å²) >= 11 is 3.47. The first-order valence-corrected chi connectivity index (χ1v) is 8.92. The van der Waals surface area contributed by atoms with Crippen molar-refractivity contribution >= 4 is 22.7 Å². The average Bonchev–Trinajstić information content (AvgIpc) is 3.03. The van der Waals surface area contributed by atoms with Crippen LogP contribution < -0.4 is 5.32 Å². The first-order valence-electron chi connectivity index (χ1n) is 7.16. The van der Waals surface area contributed by atoms with Gasteiger partial charge in [-0.15, -0.1) is 22.7 Å². The number of nitrogens with one attached hydrogen (secondary N) is 1. The Hall–Kier alpha value is -0.780. The number of fused-ring (bicyclic) bond motifs is 1. The third kappa shape index (κ3) is 3.10. The molecule has 2 heterocycles. The van der Waals surface area contributed by atoms with Crippen LogP contribution in [0.25, 0.3) is 10.7 Å². The van der Waals surface area contributed by atoms with Crippen LogP contribution in [0.2, 0.25) is 0 Å². The number of rotatable bonds is 3. The van der Waals surface area contributed by atoms with E-state index in [1.165, 1.54) is 29.8 Å². The molecule has 0 bridgehead atoms. The van der Waals surface area contributed by atoms with Crippen LogP contribution in [0.5, 0.6) is 0 Å². The number of hydrogen-bond donors (Lipinski definition) is 1. The van der Waals surface area contributed by atoms with E-state index in [9.17, 15) is 0 Å². The SMILES string of the molecule is CC(C)(C)NCC1CCCc2sc(-c3cscn3)nc21. The van der Waals surface area contributed by atoms with E-state index in [2.05, 4.69) is 36.5 Å². The molecule has 0 aliphatic heterocycles. The molecule has 3 nitrogen and oxygen atoms in total. The molecule has 0 aromatic carbocycles. The number of aryl methyl sites for hydroxylation is 1. The maximum absolute atomic E-state index is 4.90. The highest BCUT2D eigenvalue weighted by molar-refractivity contribution is 7.15. The fourth-order valence-corrected chi connectivity index (χ4v) is 4.33. The molecule has 2 aromatic rings. The van der Waals surface area contributed by atoms with E-state index in [1.54, 1.807) is 11.3 Å². The lowest BCUT2D eigenvalue weighted by Crippen LogP contribution is -2.39. The van der Waals surface area contributed by atoms with Crippen molar-refractivity contribution in [1.82, 2.24) is 15.3 Å². The number of hydrogen-bond acceptors (Lipinski definition) is 5. The maximum Gasteiger partial charge on any atom is 0.143 e. The van der Waals surface area contributed by atoms with Gasteiger partial charge >= 0.3 is 0 Å². The molecule has 20 heavy (non-hydrogen) atoms. The van der Waals surface area contributed by atoms with E-state index < -0.39 is 0 Å². The van der Waals surface area contributed by atoms with Crippen molar-refractivity contribution in [3.63, 3.8) is 0 Å². The predicted molar refractivity (Wildman–Crippen MR) is 86.7 cm³/mol. The minimum absolute atomic E-state index is 0.172. The molecule has 5 heteroatoms. The Morgan fingerprint density at radius 1 is 1.40 bits per heavy atom. The first kappa shape index (κ1) is 14.2. The summed E-state index contributed by atoms with van der Waals surface area (Å²) in [5.74, 6) is 0.557. The third-order valence-corrected chi connectivity index (χ3v) is 5.34. The van der Waals surface area contributed by atoms with E-state index >= 15 is 0 Å². The normalized spacial score (nSPS) is 19.1. The molecule has 108 valence electrons. The Morgan fingerprint density at radius 2 is 2.25 bits per heavy atom. The third-order valence-electron chi connectivity index (χ3n) is 3.60. The molecule has 3 rings (SSSR count). The highest BCUT2D eigenvalue weighted by Crippen LogP contribution is 2.37. The molecule has 0 fully saturated rings. The van der Waals surface area contributed by atoms with Gasteiger partial charge in [0.05, 0.1) is 11.2 Å². The lowest BCUT2D eigenvalue weighted by Gasteiger charge is -2.27. The number of nitrogens with zero attached hydrogens (tertiary/aromatic N) is 2. The van der Waals surface area contributed by atoms with Crippen molar-refractivity contribution in [3.8, 4) is 10.7 Å². The number of aromatic nitrogens is 2. The molecular formula is C15H21N3S2. The van der Waals surface area contributed by atoms with Crippen molar-refractivity contribution in [2.24, 2.45) is 0 Å². The monoisotopic (exact) mass is 307 g/mol. The quantitative estimate of drug-likeness (QED) is 0.928. The van der Waals surface area contributed by atoms with Gasteiger partial charge in [0.2, 0.25) is 0 Å². The standard InChI is InChI=1S/C15H21N3S2/c1-15(2,3)17-7-10-5-4-6-12-13(10)18-14(20-12)11-8-19-9-16-11/h8-10,17H,4-7H2,1-3H3. The van der Waals surface area contributed by atoms with Gasteiger partial charge in [0.15, 0.2) is 0 Å². The number of thiazole rings is 2. The molecule has 0 spiro atoms. The van der Waals surface area contributed by atoms with Crippen LogP contribution >= 0.6 is 22.7 Å². The molecule has 1 atom stereocenters. The van der Waals surface area contributed by atoms with E-state index in [-0.39, 0.29) is 5.54 Å². The average molecular weight is 307 g/mol. The van der Waals surface area contributed by atoms with Crippen LogP contribution in [-0.2, 0) is 6.42 Å². The summed E-state index contributed by atoms with van der Waals surface area (Å²) in [7, 11) is 0. The summed E-state index contributed by atoms with van der Waals surface area (Å²) in [4.78, 5) is 10.8. The van der Waals surface area contributed by atoms with Gasteiger partial charge < -0.3 is 5.32 Å². The van der Waals surface area contributed by atoms with Gasteiger partial charge in [-0.2, -0.15) is 0 Å². The lowest BCUT2D eigenvalue weighted by atomic mass is 9.90. The Kier molecular flexibility index (Phi) is 3.93. The zero-order chi connectivity index (χ0) is 14.2. The second-order valence-electron chi connectivity index (χ2n) is 6.42. The van der Waals surface area contributed by atoms with Crippen molar-refractivity contribution < 1.29 is 0 Å². The van der Waals surface area contributed by atoms with Gasteiger partial charge in [0.1, 0.15) is 10.7 Å². The van der Waals surface area contributed by atoms with Gasteiger partial charge in [-0.1, -0.05) is 0 Å². The molecule has 0 saturated heterocycles. The highest BCUT2D eigenvalue weighted by Gasteiger charge is 2.26. The van der Waals surface area contributed by atoms with Gasteiger partial charge in [-0.05, 0) is 40.0 Å². The van der Waals surface area contributed by atoms with Crippen molar-refractivity contribution in [1.29, 1.82) is 0 Å². The molecule has 1 N–H and O–H groups in total. The molecular weight excluding hydrogens is 286 g/mol. The van der Waals surface area contributed by atoms with E-state index in [1.807, 2.05) is 16.8 Å². The smallest absolute Gasteiger partial charge is 0.143 e. The van der Waals surface area contributed by atoms with Crippen molar-refractivity contribution in [2.45, 2.75) is 51.5 Å². The highest BCUT2D eigenvalue weighted by atomic mass is 32.1. The maximum atomic E-state index is 4.90. The van der Waals surface area contributed by atoms with Crippen LogP contribution in [0.15, 0.2) is 10.9 Å². The molecule has 1 aliphatic rings. The molecule has 1 unspecified atom stereocenters. The topological polar surface area (TPSA) is 37.8 Å². The van der Waals surface area contributed by atoms with Crippen molar-refractivity contribution in [3.05, 3.63) is 21.5 Å². The summed E-state index contributed by atoms with van der Waals surface area (Å²) in [5, 5.41) is 6.81. The zero-order valence-corrected chi connectivity index (χ0v) is 13.9. The van der Waals surface area contributed by atoms with Gasteiger partial charge in [0.25, 0.3) is 0 Å². The van der Waals surface area contributed by atoms with Crippen molar-refractivity contribution in [2.75, 3.05) is 6.54 Å². The molecule has 0 saturated carbocycles. The van der Waals surface area contributed by atoms with Gasteiger partial charge in [-0.3, -0.25) is 0 Å². The van der Waals surface area contributed by atoms with Crippen LogP contribution in [0.1, 0.15) is 50.1 Å². The molecule has 0 amide bonds. The summed E-state index contributed by atoms with van der Waals surface area (Å²) < 4.78 is 0. The first-order chi connectivity index (χ1) is 9.53. The molecule has 2 aromatic heterocycles. The van der Waals surface area contributed by atoms with E-state index in [0.717, 1.165) is 17.2 Å². The van der Waals surface area contributed by atoms with E-state index in [0.29, 0.717) is 5.92 Å². The zero-order valence-electron chi connectivity index (χ0n) is 12.3. The fourth-order valence-electron chi connectivity index (χ4n) is 2.56. The van der Waals surface area contributed by atoms with Crippen LogP contribution in [0.3, 0.4) is 0 Å². The van der Waals surface area contributed by atoms with Crippen LogP contribution in [0, 0.1) is 0 Å². The van der Waals surface area contributed by atoms with Crippen LogP contribution in [0.4, 0.5) is 0 Å². The van der Waals surface area contributed by atoms with Gasteiger partial charge in [0, 0.05) is 28.3 Å². The van der Waals surface area contributed by atoms with Crippen LogP contribution in [-0.4, -0.2) is 22.1 Å². The summed E-state index contributed by atoms with van der Waals surface area (Å²) in [5.41, 5.74) is 4.41. The minimum atomic E-state index is 0.172. The predicted octanol–water partition coefficient (Wildman–Crippen LogP) is 4.07. The Morgan fingerprint density at radius 3 is 2.95 bits per heavy atom. The second-order valence-corrected chi connectivity index (χ2v) is 8.22.